The van der Waals surface area contributed by atoms with E-state index in [9.17, 15) is 0 Å². The fourth-order valence-corrected chi connectivity index (χ4v) is 1.90. The van der Waals surface area contributed by atoms with Gasteiger partial charge in [-0.1, -0.05) is 11.7 Å². The summed E-state index contributed by atoms with van der Waals surface area (Å²) in [4.78, 5) is 14.0. The zero-order valence-electron chi connectivity index (χ0n) is 8.31. The van der Waals surface area contributed by atoms with Crippen molar-refractivity contribution < 1.29 is 0 Å². The summed E-state index contributed by atoms with van der Waals surface area (Å²) < 4.78 is 0. The smallest absolute Gasteiger partial charge is 0.0360 e. The molecule has 0 amide bonds. The molecule has 0 aliphatic carbocycles. The van der Waals surface area contributed by atoms with Crippen LogP contribution in [0.1, 0.15) is 24.4 Å². The molecule has 1 unspecified atom stereocenters. The van der Waals surface area contributed by atoms with Crippen molar-refractivity contribution in [3.8, 4) is 0 Å². The van der Waals surface area contributed by atoms with E-state index in [1.165, 1.54) is 24.9 Å². The van der Waals surface area contributed by atoms with Crippen molar-refractivity contribution in [1.29, 1.82) is 5.59 Å². The van der Waals surface area contributed by atoms with Crippen LogP contribution < -0.4 is 0 Å². The normalized spacial score (nSPS) is 21.4. The number of nitrogens with zero attached hydrogens (tertiary/aromatic N) is 2. The molecule has 4 heteroatoms. The molecule has 1 aliphatic rings. The van der Waals surface area contributed by atoms with Gasteiger partial charge in [0.2, 0.25) is 0 Å². The molecular weight excluding hydrogens is 180 g/mol. The van der Waals surface area contributed by atoms with Gasteiger partial charge in [0.15, 0.2) is 0 Å². The molecule has 2 rings (SSSR count). The lowest BCUT2D eigenvalue weighted by atomic mass is 10.1. The van der Waals surface area contributed by atoms with Crippen LogP contribution in [-0.4, -0.2) is 23.5 Å². The van der Waals surface area contributed by atoms with Gasteiger partial charge in [0.05, 0.1) is 0 Å². The van der Waals surface area contributed by atoms with Gasteiger partial charge >= 0.3 is 0 Å². The average Bonchev–Trinajstić information content (AvgIpc) is 2.69. The zero-order valence-corrected chi connectivity index (χ0v) is 8.31. The van der Waals surface area contributed by atoms with E-state index < -0.39 is 0 Å². The number of aromatic nitrogens is 1. The number of nitrogens with one attached hydrogen (secondary N) is 1. The minimum atomic E-state index is 0.610. The number of likely N-dealkylation sites (tertiary alicyclic amines) is 1. The molecule has 0 bridgehead atoms. The highest BCUT2D eigenvalue weighted by Gasteiger charge is 2.21. The maximum Gasteiger partial charge on any atom is 0.0360 e. The van der Waals surface area contributed by atoms with E-state index in [0.717, 1.165) is 0 Å². The van der Waals surface area contributed by atoms with E-state index in [0.29, 0.717) is 6.04 Å². The van der Waals surface area contributed by atoms with Gasteiger partial charge < -0.3 is 0 Å². The third-order valence-electron chi connectivity index (χ3n) is 2.59. The molecule has 14 heavy (non-hydrogen) atoms. The second kappa shape index (κ2) is 5.44. The van der Waals surface area contributed by atoms with Crippen LogP contribution in [0.25, 0.3) is 0 Å². The van der Waals surface area contributed by atoms with Crippen LogP contribution >= 0.6 is 0 Å². The van der Waals surface area contributed by atoms with Crippen molar-refractivity contribution in [3.63, 3.8) is 0 Å². The number of hydrogen-bond acceptors (Lipinski definition) is 4. The summed E-state index contributed by atoms with van der Waals surface area (Å²) in [5.74, 6) is 0. The van der Waals surface area contributed by atoms with E-state index in [1.54, 1.807) is 0 Å². The van der Waals surface area contributed by atoms with Crippen molar-refractivity contribution in [1.82, 2.24) is 9.88 Å². The van der Waals surface area contributed by atoms with Crippen LogP contribution in [0.3, 0.4) is 0 Å². The molecular formula is C10H15N3O. The molecule has 1 aliphatic heterocycles. The molecule has 1 aromatic heterocycles. The van der Waals surface area contributed by atoms with E-state index in [1.807, 2.05) is 18.5 Å². The molecule has 1 aromatic rings. The molecule has 0 saturated carbocycles. The monoisotopic (exact) mass is 195 g/mol. The van der Waals surface area contributed by atoms with Crippen LogP contribution in [0.2, 0.25) is 0 Å². The summed E-state index contributed by atoms with van der Waals surface area (Å²) >= 11 is 0. The van der Waals surface area contributed by atoms with Crippen LogP contribution in [0, 0.1) is 10.5 Å². The Morgan fingerprint density at radius 3 is 2.93 bits per heavy atom. The van der Waals surface area contributed by atoms with Crippen LogP contribution in [0.5, 0.6) is 0 Å². The Kier molecular flexibility index (Phi) is 4.19. The third-order valence-corrected chi connectivity index (χ3v) is 2.59. The van der Waals surface area contributed by atoms with Crippen molar-refractivity contribution in [2.45, 2.75) is 18.9 Å². The quantitative estimate of drug-likeness (QED) is 0.699. The summed E-state index contributed by atoms with van der Waals surface area (Å²) in [6.07, 6.45) is 6.41. The molecule has 76 valence electrons. The topological polar surface area (TPSA) is 57.1 Å². The molecule has 0 aromatic carbocycles. The predicted molar refractivity (Wildman–Crippen MR) is 54.9 cm³/mol. The molecule has 0 radical (unpaired) electrons. The molecule has 1 atom stereocenters. The van der Waals surface area contributed by atoms with Crippen LogP contribution in [0.4, 0.5) is 0 Å². The van der Waals surface area contributed by atoms with Gasteiger partial charge in [-0.25, -0.2) is 0 Å². The lowest BCUT2D eigenvalue weighted by molar-refractivity contribution is 0.317. The van der Waals surface area contributed by atoms with Crippen molar-refractivity contribution >= 4 is 0 Å². The Balaban J connectivity index is 0.000000461. The predicted octanol–water partition coefficient (Wildman–Crippen LogP) is 2.18. The lowest BCUT2D eigenvalue weighted by Gasteiger charge is -2.18. The fourth-order valence-electron chi connectivity index (χ4n) is 1.90. The minimum absolute atomic E-state index is 0.610. The summed E-state index contributed by atoms with van der Waals surface area (Å²) in [6, 6.07) is 4.79. The van der Waals surface area contributed by atoms with E-state index in [-0.39, 0.29) is 0 Å². The number of pyridine rings is 1. The largest absolute Gasteiger partial charge is 0.299 e. The summed E-state index contributed by atoms with van der Waals surface area (Å²) in [7, 11) is 2.19. The second-order valence-corrected chi connectivity index (χ2v) is 3.42. The Bertz CT molecular complexity index is 265. The van der Waals surface area contributed by atoms with Crippen LogP contribution in [0.15, 0.2) is 24.5 Å². The number of rotatable bonds is 1. The Morgan fingerprint density at radius 2 is 2.43 bits per heavy atom. The van der Waals surface area contributed by atoms with Gasteiger partial charge in [-0.2, -0.15) is 4.91 Å². The van der Waals surface area contributed by atoms with Crippen molar-refractivity contribution in [2.24, 2.45) is 0 Å². The van der Waals surface area contributed by atoms with Gasteiger partial charge in [0.25, 0.3) is 0 Å². The first-order valence-corrected chi connectivity index (χ1v) is 4.68. The third kappa shape index (κ3) is 2.35. The van der Waals surface area contributed by atoms with Crippen molar-refractivity contribution in [2.75, 3.05) is 13.6 Å². The summed E-state index contributed by atoms with van der Waals surface area (Å²) in [5.41, 5.74) is 5.86. The van der Waals surface area contributed by atoms with Gasteiger partial charge in [0, 0.05) is 18.4 Å². The maximum atomic E-state index is 7.50. The standard InChI is InChI=1S/C10H14N2.HNO/c1-12-7-3-5-10(12)9-4-2-6-11-8-9;1-2/h2,4,6,8,10H,3,5,7H2,1H3;1H/i6+2;. The molecule has 0 spiro atoms. The molecule has 1 fully saturated rings. The molecule has 2 heterocycles. The highest BCUT2D eigenvalue weighted by molar-refractivity contribution is 5.14. The first-order chi connectivity index (χ1) is 6.88. The molecule has 4 nitrogen and oxygen atoms in total. The highest BCUT2D eigenvalue weighted by atomic mass is 16.2. The molecule has 1 saturated heterocycles. The number of nitroso groups, excluding NO2 is 1. The van der Waals surface area contributed by atoms with Gasteiger partial charge in [-0.3, -0.25) is 9.88 Å². The summed E-state index contributed by atoms with van der Waals surface area (Å²) in [5, 5.41) is 0. The Labute approximate surface area is 83.7 Å². The van der Waals surface area contributed by atoms with E-state index >= 15 is 0 Å². The van der Waals surface area contributed by atoms with Crippen LogP contribution in [-0.2, 0) is 0 Å². The first-order valence-electron chi connectivity index (χ1n) is 4.68. The maximum absolute atomic E-state index is 7.50. The second-order valence-electron chi connectivity index (χ2n) is 3.42. The zero-order chi connectivity index (χ0) is 10.4. The SMILES string of the molecule is CN1CCCC1c1cc[14cH]nc1.N=O. The Morgan fingerprint density at radius 1 is 1.64 bits per heavy atom. The minimum Gasteiger partial charge on any atom is -0.299 e. The van der Waals surface area contributed by atoms with E-state index in [2.05, 4.69) is 28.6 Å². The average molecular weight is 195 g/mol. The van der Waals surface area contributed by atoms with Gasteiger partial charge in [-0.05, 0) is 38.1 Å². The molecule has 1 N–H and O–H groups in total. The lowest BCUT2D eigenvalue weighted by Crippen LogP contribution is -2.17. The van der Waals surface area contributed by atoms with Gasteiger partial charge in [-0.15, -0.1) is 0 Å². The summed E-state index contributed by atoms with van der Waals surface area (Å²) in [6.45, 7) is 1.22. The Hall–Kier alpha value is -1.29. The van der Waals surface area contributed by atoms with Crippen molar-refractivity contribution in [3.05, 3.63) is 35.0 Å². The van der Waals surface area contributed by atoms with Gasteiger partial charge in [0.1, 0.15) is 0 Å². The first kappa shape index (κ1) is 10.8. The number of hydrogen-bond donors (Lipinski definition) is 1. The van der Waals surface area contributed by atoms with E-state index in [4.69, 9.17) is 4.91 Å². The fraction of sp³-hybridized carbons (Fsp3) is 0.500. The highest BCUT2D eigenvalue weighted by Crippen LogP contribution is 2.29.